The third-order valence-corrected chi connectivity index (χ3v) is 3.70. The van der Waals surface area contributed by atoms with Crippen molar-refractivity contribution in [3.05, 3.63) is 40.6 Å². The Hall–Kier alpha value is -1.13. The van der Waals surface area contributed by atoms with Gasteiger partial charge in [-0.15, -0.1) is 11.3 Å². The van der Waals surface area contributed by atoms with Crippen molar-refractivity contribution >= 4 is 11.3 Å². The average Bonchev–Trinajstić information content (AvgIpc) is 2.88. The highest BCUT2D eigenvalue weighted by Gasteiger charge is 2.31. The van der Waals surface area contributed by atoms with E-state index < -0.39 is 5.60 Å². The molecule has 3 nitrogen and oxygen atoms in total. The second kappa shape index (κ2) is 4.39. The topological polar surface area (TPSA) is 38.0 Å². The molecule has 0 saturated heterocycles. The van der Waals surface area contributed by atoms with Gasteiger partial charge in [-0.1, -0.05) is 13.0 Å². The molecule has 2 aromatic heterocycles. The number of hydrogen-bond donors (Lipinski definition) is 1. The molecule has 0 spiro atoms. The summed E-state index contributed by atoms with van der Waals surface area (Å²) in [4.78, 5) is 5.21. The lowest BCUT2D eigenvalue weighted by molar-refractivity contribution is 0.0917. The molecule has 0 radical (unpaired) electrons. The number of aromatic nitrogens is 2. The molecule has 0 aliphatic rings. The molecule has 2 rings (SSSR count). The summed E-state index contributed by atoms with van der Waals surface area (Å²) < 4.78 is 2.01. The van der Waals surface area contributed by atoms with Crippen molar-refractivity contribution in [1.29, 1.82) is 0 Å². The predicted molar refractivity (Wildman–Crippen MR) is 65.5 cm³/mol. The minimum absolute atomic E-state index is 0.719. The number of rotatable bonds is 4. The van der Waals surface area contributed by atoms with E-state index in [4.69, 9.17) is 0 Å². The van der Waals surface area contributed by atoms with Crippen LogP contribution in [0.5, 0.6) is 0 Å². The number of imidazole rings is 1. The van der Waals surface area contributed by atoms with E-state index >= 15 is 0 Å². The highest BCUT2D eigenvalue weighted by Crippen LogP contribution is 2.31. The Morgan fingerprint density at radius 1 is 1.56 bits per heavy atom. The number of aliphatic hydroxyl groups is 1. The van der Waals surface area contributed by atoms with Crippen molar-refractivity contribution in [3.63, 3.8) is 0 Å². The van der Waals surface area contributed by atoms with Gasteiger partial charge >= 0.3 is 0 Å². The van der Waals surface area contributed by atoms with Crippen molar-refractivity contribution in [2.75, 3.05) is 0 Å². The lowest BCUT2D eigenvalue weighted by Gasteiger charge is -2.22. The van der Waals surface area contributed by atoms with Gasteiger partial charge in [0.1, 0.15) is 5.82 Å². The first kappa shape index (κ1) is 11.4. The minimum Gasteiger partial charge on any atom is -0.377 e. The average molecular weight is 236 g/mol. The van der Waals surface area contributed by atoms with Crippen molar-refractivity contribution in [3.8, 4) is 0 Å². The normalized spacial score (nSPS) is 14.9. The maximum absolute atomic E-state index is 10.6. The standard InChI is InChI=1S/C12H16N2OS/c1-3-7-14-8-6-13-11(14)12(2,15)10-5-4-9-16-10/h4-6,8-9,15H,3,7H2,1-2H3. The van der Waals surface area contributed by atoms with Crippen LogP contribution in [0, 0.1) is 0 Å². The number of thiophene rings is 1. The van der Waals surface area contributed by atoms with E-state index in [9.17, 15) is 5.11 Å². The highest BCUT2D eigenvalue weighted by atomic mass is 32.1. The maximum atomic E-state index is 10.6. The number of nitrogens with zero attached hydrogens (tertiary/aromatic N) is 2. The van der Waals surface area contributed by atoms with Crippen LogP contribution in [0.1, 0.15) is 31.0 Å². The molecule has 86 valence electrons. The van der Waals surface area contributed by atoms with E-state index in [2.05, 4.69) is 11.9 Å². The first-order valence-corrected chi connectivity index (χ1v) is 6.32. The van der Waals surface area contributed by atoms with Crippen LogP contribution in [0.15, 0.2) is 29.9 Å². The molecule has 0 fully saturated rings. The minimum atomic E-state index is -0.993. The van der Waals surface area contributed by atoms with Gasteiger partial charge in [0.2, 0.25) is 0 Å². The summed E-state index contributed by atoms with van der Waals surface area (Å²) in [7, 11) is 0. The van der Waals surface area contributed by atoms with Gasteiger partial charge in [-0.05, 0) is 24.8 Å². The fourth-order valence-electron chi connectivity index (χ4n) is 1.82. The van der Waals surface area contributed by atoms with E-state index in [1.54, 1.807) is 24.5 Å². The Bertz CT molecular complexity index is 445. The fourth-order valence-corrected chi connectivity index (χ4v) is 2.60. The number of hydrogen-bond acceptors (Lipinski definition) is 3. The molecule has 0 amide bonds. The van der Waals surface area contributed by atoms with Gasteiger partial charge in [0, 0.05) is 23.8 Å². The van der Waals surface area contributed by atoms with Crippen molar-refractivity contribution < 1.29 is 5.11 Å². The van der Waals surface area contributed by atoms with Crippen molar-refractivity contribution in [1.82, 2.24) is 9.55 Å². The Labute approximate surface area is 99.4 Å². The summed E-state index contributed by atoms with van der Waals surface area (Å²) in [6, 6.07) is 3.89. The van der Waals surface area contributed by atoms with Gasteiger partial charge in [0.25, 0.3) is 0 Å². The molecule has 1 unspecified atom stereocenters. The third-order valence-electron chi connectivity index (χ3n) is 2.62. The molecule has 0 bridgehead atoms. The van der Waals surface area contributed by atoms with E-state index in [0.717, 1.165) is 23.7 Å². The monoisotopic (exact) mass is 236 g/mol. The summed E-state index contributed by atoms with van der Waals surface area (Å²) in [5.74, 6) is 0.719. The molecule has 2 aromatic rings. The van der Waals surface area contributed by atoms with Crippen LogP contribution in [-0.4, -0.2) is 14.7 Å². The zero-order valence-electron chi connectivity index (χ0n) is 9.55. The van der Waals surface area contributed by atoms with Gasteiger partial charge in [-0.25, -0.2) is 4.98 Å². The summed E-state index contributed by atoms with van der Waals surface area (Å²) in [5, 5.41) is 12.5. The molecular weight excluding hydrogens is 220 g/mol. The summed E-state index contributed by atoms with van der Waals surface area (Å²) in [5.41, 5.74) is -0.993. The van der Waals surface area contributed by atoms with E-state index in [1.807, 2.05) is 28.3 Å². The molecule has 0 aromatic carbocycles. The molecule has 0 saturated carbocycles. The second-order valence-electron chi connectivity index (χ2n) is 3.99. The van der Waals surface area contributed by atoms with Crippen LogP contribution in [0.3, 0.4) is 0 Å². The van der Waals surface area contributed by atoms with Gasteiger partial charge in [-0.2, -0.15) is 0 Å². The first-order chi connectivity index (χ1) is 7.66. The molecule has 1 N–H and O–H groups in total. The number of aryl methyl sites for hydroxylation is 1. The Balaban J connectivity index is 2.39. The first-order valence-electron chi connectivity index (χ1n) is 5.44. The van der Waals surface area contributed by atoms with Gasteiger partial charge in [-0.3, -0.25) is 0 Å². The summed E-state index contributed by atoms with van der Waals surface area (Å²) >= 11 is 1.55. The van der Waals surface area contributed by atoms with E-state index in [1.165, 1.54) is 0 Å². The summed E-state index contributed by atoms with van der Waals surface area (Å²) in [6.07, 6.45) is 4.69. The van der Waals surface area contributed by atoms with Crippen LogP contribution in [0.2, 0.25) is 0 Å². The molecule has 4 heteroatoms. The molecule has 0 aliphatic carbocycles. The van der Waals surface area contributed by atoms with Crippen LogP contribution in [-0.2, 0) is 12.1 Å². The van der Waals surface area contributed by atoms with Gasteiger partial charge in [0.05, 0.1) is 0 Å². The fraction of sp³-hybridized carbons (Fsp3) is 0.417. The molecule has 2 heterocycles. The Morgan fingerprint density at radius 3 is 3.00 bits per heavy atom. The van der Waals surface area contributed by atoms with Crippen LogP contribution in [0.25, 0.3) is 0 Å². The largest absolute Gasteiger partial charge is 0.377 e. The lowest BCUT2D eigenvalue weighted by Crippen LogP contribution is -2.26. The zero-order chi connectivity index (χ0) is 11.6. The van der Waals surface area contributed by atoms with Crippen molar-refractivity contribution in [2.24, 2.45) is 0 Å². The van der Waals surface area contributed by atoms with Crippen molar-refractivity contribution in [2.45, 2.75) is 32.4 Å². The van der Waals surface area contributed by atoms with Gasteiger partial charge in [0.15, 0.2) is 5.60 Å². The molecular formula is C12H16N2OS. The lowest BCUT2D eigenvalue weighted by atomic mass is 10.0. The SMILES string of the molecule is CCCn1ccnc1C(C)(O)c1cccs1. The molecule has 16 heavy (non-hydrogen) atoms. The molecule has 0 aliphatic heterocycles. The quantitative estimate of drug-likeness (QED) is 0.886. The molecule has 1 atom stereocenters. The zero-order valence-corrected chi connectivity index (χ0v) is 10.4. The van der Waals surface area contributed by atoms with Crippen LogP contribution >= 0.6 is 11.3 Å². The smallest absolute Gasteiger partial charge is 0.153 e. The van der Waals surface area contributed by atoms with Crippen LogP contribution in [0.4, 0.5) is 0 Å². The van der Waals surface area contributed by atoms with E-state index in [0.29, 0.717) is 0 Å². The van der Waals surface area contributed by atoms with Crippen LogP contribution < -0.4 is 0 Å². The second-order valence-corrected chi connectivity index (χ2v) is 4.94. The highest BCUT2D eigenvalue weighted by molar-refractivity contribution is 7.10. The summed E-state index contributed by atoms with van der Waals surface area (Å²) in [6.45, 7) is 4.80. The van der Waals surface area contributed by atoms with Gasteiger partial charge < -0.3 is 9.67 Å². The maximum Gasteiger partial charge on any atom is 0.153 e. The predicted octanol–water partition coefficient (Wildman–Crippen LogP) is 2.61. The Morgan fingerprint density at radius 2 is 2.38 bits per heavy atom. The third kappa shape index (κ3) is 1.90. The van der Waals surface area contributed by atoms with E-state index in [-0.39, 0.29) is 0 Å². The Kier molecular flexibility index (Phi) is 3.12.